The number of hydrogen-bond donors (Lipinski definition) is 1. The number of rotatable bonds is 3. The van der Waals surface area contributed by atoms with E-state index >= 15 is 0 Å². The summed E-state index contributed by atoms with van der Waals surface area (Å²) in [5, 5.41) is 7.52. The minimum absolute atomic E-state index is 0.583. The second-order valence-corrected chi connectivity index (χ2v) is 3.98. The molecule has 5 nitrogen and oxygen atoms in total. The van der Waals surface area contributed by atoms with Gasteiger partial charge in [0.2, 0.25) is 0 Å². The lowest BCUT2D eigenvalue weighted by molar-refractivity contribution is 0.789. The maximum absolute atomic E-state index is 4.43. The molecular formula is C10H13N5. The van der Waals surface area contributed by atoms with Crippen molar-refractivity contribution in [3.8, 4) is 0 Å². The van der Waals surface area contributed by atoms with Gasteiger partial charge >= 0.3 is 0 Å². The third-order valence-corrected chi connectivity index (χ3v) is 2.59. The van der Waals surface area contributed by atoms with E-state index in [0.717, 1.165) is 17.9 Å². The Labute approximate surface area is 87.5 Å². The maximum Gasteiger partial charge on any atom is 0.252 e. The van der Waals surface area contributed by atoms with Gasteiger partial charge in [-0.15, -0.1) is 5.10 Å². The molecular weight excluding hydrogens is 190 g/mol. The summed E-state index contributed by atoms with van der Waals surface area (Å²) in [6.45, 7) is 0.807. The van der Waals surface area contributed by atoms with Crippen molar-refractivity contribution in [3.63, 3.8) is 0 Å². The van der Waals surface area contributed by atoms with Gasteiger partial charge in [0, 0.05) is 30.4 Å². The van der Waals surface area contributed by atoms with Crippen LogP contribution in [0.15, 0.2) is 12.4 Å². The third-order valence-electron chi connectivity index (χ3n) is 2.59. The van der Waals surface area contributed by atoms with Crippen LogP contribution in [-0.2, 0) is 6.54 Å². The van der Waals surface area contributed by atoms with Gasteiger partial charge < -0.3 is 5.32 Å². The summed E-state index contributed by atoms with van der Waals surface area (Å²) in [4.78, 5) is 8.68. The van der Waals surface area contributed by atoms with Crippen molar-refractivity contribution in [2.45, 2.75) is 25.3 Å². The lowest BCUT2D eigenvalue weighted by Gasteiger charge is -1.98. The molecule has 0 aromatic carbocycles. The van der Waals surface area contributed by atoms with Crippen molar-refractivity contribution in [1.82, 2.24) is 24.9 Å². The Morgan fingerprint density at radius 2 is 2.40 bits per heavy atom. The second kappa shape index (κ2) is 3.27. The lowest BCUT2D eigenvalue weighted by atomic mass is 10.3. The summed E-state index contributed by atoms with van der Waals surface area (Å²) >= 11 is 0. The number of fused-ring (bicyclic) bond motifs is 1. The fourth-order valence-corrected chi connectivity index (χ4v) is 1.65. The molecule has 2 aromatic rings. The van der Waals surface area contributed by atoms with E-state index < -0.39 is 0 Å². The molecule has 1 aliphatic rings. The predicted molar refractivity (Wildman–Crippen MR) is 55.5 cm³/mol. The smallest absolute Gasteiger partial charge is 0.252 e. The highest BCUT2D eigenvalue weighted by molar-refractivity contribution is 5.29. The lowest BCUT2D eigenvalue weighted by Crippen LogP contribution is -2.06. The Bertz CT molecular complexity index is 486. The van der Waals surface area contributed by atoms with Crippen LogP contribution >= 0.6 is 0 Å². The zero-order chi connectivity index (χ0) is 10.3. The first-order valence-electron chi connectivity index (χ1n) is 5.22. The molecule has 1 fully saturated rings. The summed E-state index contributed by atoms with van der Waals surface area (Å²) in [6.07, 6.45) is 6.27. The highest BCUT2D eigenvalue weighted by Gasteiger charge is 2.28. The molecule has 5 heteroatoms. The van der Waals surface area contributed by atoms with Crippen LogP contribution in [0, 0.1) is 0 Å². The van der Waals surface area contributed by atoms with E-state index in [4.69, 9.17) is 0 Å². The Kier molecular flexibility index (Phi) is 1.92. The molecule has 0 aliphatic heterocycles. The Morgan fingerprint density at radius 1 is 1.53 bits per heavy atom. The van der Waals surface area contributed by atoms with E-state index in [2.05, 4.69) is 20.4 Å². The SMILES string of the molecule is CNCc1cnc2nc(C3CC3)nn2c1. The van der Waals surface area contributed by atoms with E-state index in [9.17, 15) is 0 Å². The predicted octanol–water partition coefficient (Wildman–Crippen LogP) is 0.721. The van der Waals surface area contributed by atoms with Crippen LogP contribution in [0.4, 0.5) is 0 Å². The average Bonchev–Trinajstić information content (AvgIpc) is 2.99. The number of hydrogen-bond acceptors (Lipinski definition) is 4. The normalized spacial score (nSPS) is 16.1. The van der Waals surface area contributed by atoms with Crippen LogP contribution < -0.4 is 5.32 Å². The van der Waals surface area contributed by atoms with Gasteiger partial charge in [0.05, 0.1) is 0 Å². The molecule has 15 heavy (non-hydrogen) atoms. The molecule has 1 saturated carbocycles. The van der Waals surface area contributed by atoms with Crippen LogP contribution in [0.5, 0.6) is 0 Å². The van der Waals surface area contributed by atoms with Crippen molar-refractivity contribution in [3.05, 3.63) is 23.8 Å². The van der Waals surface area contributed by atoms with Crippen LogP contribution in [0.25, 0.3) is 5.78 Å². The molecule has 0 bridgehead atoms. The fraction of sp³-hybridized carbons (Fsp3) is 0.500. The summed E-state index contributed by atoms with van der Waals surface area (Å²) in [5.74, 6) is 2.24. The zero-order valence-electron chi connectivity index (χ0n) is 8.64. The number of aromatic nitrogens is 4. The van der Waals surface area contributed by atoms with Gasteiger partial charge in [-0.3, -0.25) is 0 Å². The fourth-order valence-electron chi connectivity index (χ4n) is 1.65. The van der Waals surface area contributed by atoms with Crippen molar-refractivity contribution >= 4 is 5.78 Å². The highest BCUT2D eigenvalue weighted by Crippen LogP contribution is 2.37. The van der Waals surface area contributed by atoms with Crippen LogP contribution in [0.3, 0.4) is 0 Å². The Morgan fingerprint density at radius 3 is 3.13 bits per heavy atom. The molecule has 2 aromatic heterocycles. The Hall–Kier alpha value is -1.49. The molecule has 1 aliphatic carbocycles. The summed E-state index contributed by atoms with van der Waals surface area (Å²) in [5.41, 5.74) is 1.12. The first-order chi connectivity index (χ1) is 7.36. The van der Waals surface area contributed by atoms with Crippen LogP contribution in [0.2, 0.25) is 0 Å². The molecule has 2 heterocycles. The molecule has 0 radical (unpaired) electrons. The van der Waals surface area contributed by atoms with Gasteiger partial charge in [0.25, 0.3) is 5.78 Å². The van der Waals surface area contributed by atoms with Gasteiger partial charge in [-0.1, -0.05) is 0 Å². The molecule has 1 N–H and O–H groups in total. The van der Waals surface area contributed by atoms with Crippen LogP contribution in [-0.4, -0.2) is 26.6 Å². The standard InChI is InChI=1S/C10H13N5/c1-11-4-7-5-12-10-13-9(8-2-3-8)14-15(10)6-7/h5-6,8,11H,2-4H2,1H3. The molecule has 0 spiro atoms. The molecule has 3 rings (SSSR count). The van der Waals surface area contributed by atoms with E-state index in [1.807, 2.05) is 19.4 Å². The summed E-state index contributed by atoms with van der Waals surface area (Å²) in [7, 11) is 1.92. The maximum atomic E-state index is 4.43. The molecule has 0 unspecified atom stereocenters. The summed E-state index contributed by atoms with van der Waals surface area (Å²) < 4.78 is 1.78. The molecule has 0 saturated heterocycles. The second-order valence-electron chi connectivity index (χ2n) is 3.98. The largest absolute Gasteiger partial charge is 0.316 e. The number of nitrogens with one attached hydrogen (secondary N) is 1. The van der Waals surface area contributed by atoms with E-state index in [1.165, 1.54) is 12.8 Å². The van der Waals surface area contributed by atoms with Gasteiger partial charge in [-0.05, 0) is 19.9 Å². The average molecular weight is 203 g/mol. The first kappa shape index (κ1) is 8.79. The van der Waals surface area contributed by atoms with Gasteiger partial charge in [0.15, 0.2) is 5.82 Å². The van der Waals surface area contributed by atoms with E-state index in [1.54, 1.807) is 4.52 Å². The van der Waals surface area contributed by atoms with Crippen molar-refractivity contribution in [1.29, 1.82) is 0 Å². The van der Waals surface area contributed by atoms with Gasteiger partial charge in [-0.2, -0.15) is 4.98 Å². The molecule has 0 amide bonds. The van der Waals surface area contributed by atoms with Crippen molar-refractivity contribution in [2.75, 3.05) is 7.05 Å². The minimum Gasteiger partial charge on any atom is -0.316 e. The van der Waals surface area contributed by atoms with Crippen molar-refractivity contribution in [2.24, 2.45) is 0 Å². The van der Waals surface area contributed by atoms with E-state index in [0.29, 0.717) is 11.7 Å². The first-order valence-corrected chi connectivity index (χ1v) is 5.22. The topological polar surface area (TPSA) is 55.1 Å². The minimum atomic E-state index is 0.583. The van der Waals surface area contributed by atoms with Crippen molar-refractivity contribution < 1.29 is 0 Å². The monoisotopic (exact) mass is 203 g/mol. The summed E-state index contributed by atoms with van der Waals surface area (Å²) in [6, 6.07) is 0. The van der Waals surface area contributed by atoms with Gasteiger partial charge in [0.1, 0.15) is 0 Å². The highest BCUT2D eigenvalue weighted by atomic mass is 15.3. The quantitative estimate of drug-likeness (QED) is 0.798. The Balaban J connectivity index is 2.02. The van der Waals surface area contributed by atoms with Crippen LogP contribution in [0.1, 0.15) is 30.1 Å². The van der Waals surface area contributed by atoms with E-state index in [-0.39, 0.29) is 0 Å². The zero-order valence-corrected chi connectivity index (χ0v) is 8.64. The van der Waals surface area contributed by atoms with Gasteiger partial charge in [-0.25, -0.2) is 9.50 Å². The number of nitrogens with zero attached hydrogens (tertiary/aromatic N) is 4. The third kappa shape index (κ3) is 1.59. The molecule has 0 atom stereocenters. The molecule has 78 valence electrons.